The summed E-state index contributed by atoms with van der Waals surface area (Å²) in [6, 6.07) is 22.5. The Labute approximate surface area is 190 Å². The summed E-state index contributed by atoms with van der Waals surface area (Å²) >= 11 is 0. The van der Waals surface area contributed by atoms with Crippen molar-refractivity contribution < 1.29 is 13.2 Å². The van der Waals surface area contributed by atoms with Crippen molar-refractivity contribution in [3.05, 3.63) is 101 Å². The number of benzene rings is 3. The Morgan fingerprint density at radius 2 is 1.66 bits per heavy atom. The third-order valence-corrected chi connectivity index (χ3v) is 7.10. The molecule has 1 aliphatic carbocycles. The molecule has 0 unspecified atom stereocenters. The van der Waals surface area contributed by atoms with Crippen LogP contribution in [0.4, 0.5) is 5.69 Å². The lowest BCUT2D eigenvalue weighted by Crippen LogP contribution is -2.29. The number of hydrogen-bond acceptors (Lipinski definition) is 3. The number of fused-ring (bicyclic) bond motifs is 1. The number of rotatable bonds is 7. The van der Waals surface area contributed by atoms with Gasteiger partial charge in [-0.25, -0.2) is 8.42 Å². The van der Waals surface area contributed by atoms with Gasteiger partial charge in [-0.2, -0.15) is 0 Å². The van der Waals surface area contributed by atoms with Crippen LogP contribution in [0.3, 0.4) is 0 Å². The Bertz CT molecular complexity index is 1210. The highest BCUT2D eigenvalue weighted by atomic mass is 32.2. The number of amides is 1. The smallest absolute Gasteiger partial charge is 0.251 e. The molecule has 0 saturated carbocycles. The van der Waals surface area contributed by atoms with Gasteiger partial charge in [-0.05, 0) is 72.7 Å². The lowest BCUT2D eigenvalue weighted by Gasteiger charge is -2.22. The number of nitrogens with one attached hydrogen (secondary N) is 1. The van der Waals surface area contributed by atoms with Crippen molar-refractivity contribution >= 4 is 21.6 Å². The average molecular weight is 449 g/mol. The van der Waals surface area contributed by atoms with E-state index in [-0.39, 0.29) is 18.5 Å². The summed E-state index contributed by atoms with van der Waals surface area (Å²) in [5, 5.41) is 3.07. The fraction of sp³-hybridized carbons (Fsp3) is 0.269. The number of para-hydroxylation sites is 1. The van der Waals surface area contributed by atoms with Crippen molar-refractivity contribution in [1.82, 2.24) is 5.32 Å². The predicted molar refractivity (Wildman–Crippen MR) is 128 cm³/mol. The molecule has 5 nitrogen and oxygen atoms in total. The molecular formula is C26H28N2O3S. The van der Waals surface area contributed by atoms with E-state index in [0.717, 1.165) is 24.0 Å². The predicted octanol–water partition coefficient (Wildman–Crippen LogP) is 4.63. The van der Waals surface area contributed by atoms with Gasteiger partial charge in [-0.15, -0.1) is 0 Å². The molecule has 0 radical (unpaired) electrons. The van der Waals surface area contributed by atoms with Gasteiger partial charge in [0.25, 0.3) is 5.91 Å². The molecule has 1 N–H and O–H groups in total. The largest absolute Gasteiger partial charge is 0.346 e. The molecule has 1 amide bonds. The molecule has 0 spiro atoms. The maximum Gasteiger partial charge on any atom is 0.251 e. The van der Waals surface area contributed by atoms with Crippen LogP contribution in [-0.4, -0.2) is 20.6 Å². The first-order valence-corrected chi connectivity index (χ1v) is 12.7. The Morgan fingerprint density at radius 1 is 0.969 bits per heavy atom. The van der Waals surface area contributed by atoms with Gasteiger partial charge in [0, 0.05) is 5.56 Å². The summed E-state index contributed by atoms with van der Waals surface area (Å²) in [5.41, 5.74) is 5.89. The number of carbonyl (C=O) groups is 1. The highest BCUT2D eigenvalue weighted by molar-refractivity contribution is 7.92. The molecule has 3 aromatic carbocycles. The molecular weight excluding hydrogens is 420 g/mol. The van der Waals surface area contributed by atoms with Crippen LogP contribution in [0.1, 0.15) is 52.0 Å². The first kappa shape index (κ1) is 22.1. The van der Waals surface area contributed by atoms with Crippen molar-refractivity contribution in [3.8, 4) is 0 Å². The van der Waals surface area contributed by atoms with E-state index in [1.807, 2.05) is 25.1 Å². The number of aryl methyl sites for hydroxylation is 2. The molecule has 0 fully saturated rings. The number of anilines is 1. The van der Waals surface area contributed by atoms with Crippen LogP contribution in [0.25, 0.3) is 0 Å². The van der Waals surface area contributed by atoms with Gasteiger partial charge in [0.2, 0.25) is 10.0 Å². The number of nitrogens with zero attached hydrogens (tertiary/aromatic N) is 1. The van der Waals surface area contributed by atoms with Gasteiger partial charge in [-0.3, -0.25) is 9.10 Å². The number of hydrogen-bond donors (Lipinski definition) is 1. The van der Waals surface area contributed by atoms with Crippen LogP contribution in [0.5, 0.6) is 0 Å². The maximum absolute atomic E-state index is 12.8. The highest BCUT2D eigenvalue weighted by Crippen LogP contribution is 2.26. The Hall–Kier alpha value is -3.12. The standard InChI is InChI=1S/C26H28N2O3S/c1-19(23-16-15-21-7-6-8-24(21)17-23)27-26(29)22-13-11-20(12-14-22)18-28(32(2,30)31)25-9-4-3-5-10-25/h3-5,9-17,19H,6-8,18H2,1-2H3,(H,27,29)/t19-/m0/s1. The van der Waals surface area contributed by atoms with Gasteiger partial charge in [0.15, 0.2) is 0 Å². The molecule has 4 rings (SSSR count). The van der Waals surface area contributed by atoms with Gasteiger partial charge in [-0.1, -0.05) is 48.5 Å². The van der Waals surface area contributed by atoms with Crippen molar-refractivity contribution in [2.75, 3.05) is 10.6 Å². The SMILES string of the molecule is C[C@H](NC(=O)c1ccc(CN(c2ccccc2)S(C)(=O)=O)cc1)c1ccc2c(c1)CCC2. The molecule has 32 heavy (non-hydrogen) atoms. The van der Waals surface area contributed by atoms with E-state index >= 15 is 0 Å². The first-order valence-electron chi connectivity index (χ1n) is 10.9. The Kier molecular flexibility index (Phi) is 6.33. The normalized spacial score (nSPS) is 13.9. The molecule has 6 heteroatoms. The first-order chi connectivity index (χ1) is 15.3. The van der Waals surface area contributed by atoms with E-state index in [4.69, 9.17) is 0 Å². The minimum atomic E-state index is -3.44. The monoisotopic (exact) mass is 448 g/mol. The molecule has 0 heterocycles. The zero-order valence-corrected chi connectivity index (χ0v) is 19.2. The highest BCUT2D eigenvalue weighted by Gasteiger charge is 2.19. The van der Waals surface area contributed by atoms with Crippen LogP contribution < -0.4 is 9.62 Å². The third-order valence-electron chi connectivity index (χ3n) is 5.96. The fourth-order valence-corrected chi connectivity index (χ4v) is 5.03. The van der Waals surface area contributed by atoms with Crippen LogP contribution in [-0.2, 0) is 29.4 Å². The lowest BCUT2D eigenvalue weighted by atomic mass is 10.0. The second kappa shape index (κ2) is 9.17. The molecule has 0 bridgehead atoms. The van der Waals surface area contributed by atoms with Crippen LogP contribution in [0.15, 0.2) is 72.8 Å². The Morgan fingerprint density at radius 3 is 2.34 bits per heavy atom. The summed E-state index contributed by atoms with van der Waals surface area (Å²) in [5.74, 6) is -0.146. The third kappa shape index (κ3) is 5.02. The van der Waals surface area contributed by atoms with Crippen molar-refractivity contribution in [1.29, 1.82) is 0 Å². The van der Waals surface area contributed by atoms with Gasteiger partial charge >= 0.3 is 0 Å². The van der Waals surface area contributed by atoms with E-state index in [0.29, 0.717) is 11.3 Å². The van der Waals surface area contributed by atoms with Crippen LogP contribution >= 0.6 is 0 Å². The minimum absolute atomic E-state index is 0.0908. The summed E-state index contributed by atoms with van der Waals surface area (Å²) in [4.78, 5) is 12.8. The van der Waals surface area contributed by atoms with E-state index in [9.17, 15) is 13.2 Å². The molecule has 166 valence electrons. The summed E-state index contributed by atoms with van der Waals surface area (Å²) in [7, 11) is -3.44. The minimum Gasteiger partial charge on any atom is -0.346 e. The van der Waals surface area contributed by atoms with Crippen molar-refractivity contribution in [3.63, 3.8) is 0 Å². The Balaban J connectivity index is 1.44. The fourth-order valence-electron chi connectivity index (χ4n) is 4.15. The zero-order chi connectivity index (χ0) is 22.7. The van der Waals surface area contributed by atoms with Crippen molar-refractivity contribution in [2.45, 2.75) is 38.8 Å². The second-order valence-corrected chi connectivity index (χ2v) is 10.3. The maximum atomic E-state index is 12.8. The van der Waals surface area contributed by atoms with Gasteiger partial charge in [0.1, 0.15) is 0 Å². The summed E-state index contributed by atoms with van der Waals surface area (Å²) < 4.78 is 26.0. The van der Waals surface area contributed by atoms with Crippen molar-refractivity contribution in [2.24, 2.45) is 0 Å². The van der Waals surface area contributed by atoms with Gasteiger partial charge < -0.3 is 5.32 Å². The average Bonchev–Trinajstić information content (AvgIpc) is 3.25. The van der Waals surface area contributed by atoms with Gasteiger partial charge in [0.05, 0.1) is 24.5 Å². The molecule has 0 aromatic heterocycles. The van der Waals surface area contributed by atoms with E-state index in [1.165, 1.54) is 28.1 Å². The number of carbonyl (C=O) groups excluding carboxylic acids is 1. The zero-order valence-electron chi connectivity index (χ0n) is 18.4. The lowest BCUT2D eigenvalue weighted by molar-refractivity contribution is 0.0940. The van der Waals surface area contributed by atoms with Crippen LogP contribution in [0, 0.1) is 0 Å². The molecule has 1 atom stereocenters. The van der Waals surface area contributed by atoms with E-state index in [1.54, 1.807) is 36.4 Å². The molecule has 3 aromatic rings. The quantitative estimate of drug-likeness (QED) is 0.573. The second-order valence-electron chi connectivity index (χ2n) is 8.38. The molecule has 0 aliphatic heterocycles. The van der Waals surface area contributed by atoms with Crippen LogP contribution in [0.2, 0.25) is 0 Å². The van der Waals surface area contributed by atoms with E-state index in [2.05, 4.69) is 23.5 Å². The topological polar surface area (TPSA) is 66.5 Å². The summed E-state index contributed by atoms with van der Waals surface area (Å²) in [6.07, 6.45) is 4.65. The summed E-state index contributed by atoms with van der Waals surface area (Å²) in [6.45, 7) is 2.20. The molecule has 0 saturated heterocycles. The molecule has 1 aliphatic rings. The van der Waals surface area contributed by atoms with E-state index < -0.39 is 10.0 Å². The number of sulfonamides is 1.